The number of aryl methyl sites for hydroxylation is 1. The van der Waals surface area contributed by atoms with E-state index in [1.807, 2.05) is 0 Å². The highest BCUT2D eigenvalue weighted by atomic mass is 16.3. The lowest BCUT2D eigenvalue weighted by Gasteiger charge is -2.20. The second-order valence-electron chi connectivity index (χ2n) is 5.15. The highest BCUT2D eigenvalue weighted by molar-refractivity contribution is 5.13. The Hall–Kier alpha value is -1.80. The van der Waals surface area contributed by atoms with Gasteiger partial charge >= 0.3 is 5.69 Å². The van der Waals surface area contributed by atoms with Gasteiger partial charge in [0.05, 0.1) is 11.5 Å². The van der Waals surface area contributed by atoms with Gasteiger partial charge in [-0.3, -0.25) is 14.3 Å². The molecule has 1 aliphatic rings. The Bertz CT molecular complexity index is 622. The van der Waals surface area contributed by atoms with Crippen molar-refractivity contribution in [3.63, 3.8) is 0 Å². The number of aliphatic hydroxyl groups is 1. The third kappa shape index (κ3) is 1.89. The van der Waals surface area contributed by atoms with Crippen molar-refractivity contribution in [2.75, 3.05) is 0 Å². The molecule has 1 aromatic heterocycles. The van der Waals surface area contributed by atoms with Crippen LogP contribution in [0.1, 0.15) is 31.4 Å². The largest absolute Gasteiger partial charge is 0.391 e. The number of aromatic amines is 1. The van der Waals surface area contributed by atoms with Crippen LogP contribution in [-0.4, -0.2) is 20.8 Å². The average molecular weight is 248 g/mol. The summed E-state index contributed by atoms with van der Waals surface area (Å²) in [6.07, 6.45) is 7.28. The Morgan fingerprint density at radius 1 is 1.61 bits per heavy atom. The SMILES string of the molecule is C#C[C@]1(C)C[C@@H](n2cc(C)c(=O)[nH]c2=O)C[C@@H]1O. The lowest BCUT2D eigenvalue weighted by Crippen LogP contribution is -2.32. The molecular weight excluding hydrogens is 232 g/mol. The summed E-state index contributed by atoms with van der Waals surface area (Å²) >= 11 is 0. The molecule has 0 radical (unpaired) electrons. The highest BCUT2D eigenvalue weighted by Crippen LogP contribution is 2.43. The third-order valence-corrected chi connectivity index (χ3v) is 3.76. The van der Waals surface area contributed by atoms with Gasteiger partial charge in [-0.1, -0.05) is 5.92 Å². The summed E-state index contributed by atoms with van der Waals surface area (Å²) in [4.78, 5) is 25.3. The van der Waals surface area contributed by atoms with Gasteiger partial charge in [0.2, 0.25) is 0 Å². The van der Waals surface area contributed by atoms with E-state index in [0.29, 0.717) is 18.4 Å². The second-order valence-corrected chi connectivity index (χ2v) is 5.15. The maximum atomic E-state index is 11.8. The number of hydrogen-bond donors (Lipinski definition) is 2. The first-order chi connectivity index (χ1) is 8.37. The number of rotatable bonds is 1. The Morgan fingerprint density at radius 2 is 2.28 bits per heavy atom. The Kier molecular flexibility index (Phi) is 2.91. The zero-order chi connectivity index (χ0) is 13.5. The zero-order valence-electron chi connectivity index (χ0n) is 10.4. The smallest absolute Gasteiger partial charge is 0.328 e. The molecule has 2 rings (SSSR count). The van der Waals surface area contributed by atoms with Gasteiger partial charge < -0.3 is 5.11 Å². The van der Waals surface area contributed by atoms with Crippen LogP contribution >= 0.6 is 0 Å². The van der Waals surface area contributed by atoms with Gasteiger partial charge in [-0.25, -0.2) is 4.79 Å². The minimum atomic E-state index is -0.633. The van der Waals surface area contributed by atoms with Crippen LogP contribution in [0.2, 0.25) is 0 Å². The molecule has 5 nitrogen and oxygen atoms in total. The van der Waals surface area contributed by atoms with E-state index < -0.39 is 17.2 Å². The maximum absolute atomic E-state index is 11.8. The number of nitrogens with zero attached hydrogens (tertiary/aromatic N) is 1. The molecule has 0 amide bonds. The zero-order valence-corrected chi connectivity index (χ0v) is 10.4. The molecule has 96 valence electrons. The minimum Gasteiger partial charge on any atom is -0.391 e. The van der Waals surface area contributed by atoms with Gasteiger partial charge in [0.15, 0.2) is 0 Å². The van der Waals surface area contributed by atoms with E-state index in [-0.39, 0.29) is 11.6 Å². The Labute approximate surface area is 104 Å². The van der Waals surface area contributed by atoms with Gasteiger partial charge in [-0.2, -0.15) is 0 Å². The van der Waals surface area contributed by atoms with Crippen molar-refractivity contribution in [1.82, 2.24) is 9.55 Å². The van der Waals surface area contributed by atoms with E-state index in [4.69, 9.17) is 6.42 Å². The molecule has 0 aliphatic heterocycles. The summed E-state index contributed by atoms with van der Waals surface area (Å²) in [5.74, 6) is 2.60. The van der Waals surface area contributed by atoms with Crippen LogP contribution in [0.15, 0.2) is 15.8 Å². The molecule has 2 N–H and O–H groups in total. The van der Waals surface area contributed by atoms with Crippen molar-refractivity contribution < 1.29 is 5.11 Å². The first kappa shape index (κ1) is 12.7. The number of terminal acetylenes is 1. The van der Waals surface area contributed by atoms with Crippen LogP contribution in [-0.2, 0) is 0 Å². The molecule has 3 atom stereocenters. The average Bonchev–Trinajstić information content (AvgIpc) is 2.61. The van der Waals surface area contributed by atoms with E-state index in [1.54, 1.807) is 13.8 Å². The predicted molar refractivity (Wildman–Crippen MR) is 67.3 cm³/mol. The van der Waals surface area contributed by atoms with E-state index in [2.05, 4.69) is 10.9 Å². The molecule has 0 unspecified atom stereocenters. The maximum Gasteiger partial charge on any atom is 0.328 e. The standard InChI is InChI=1S/C13H16N2O3/c1-4-13(3)6-9(5-10(13)16)15-7-8(2)11(17)14-12(15)18/h1,7,9-10,16H,5-6H2,2-3H3,(H,14,17,18)/t9-,10-,13+/m0/s1. The molecular formula is C13H16N2O3. The number of hydrogen-bond acceptors (Lipinski definition) is 3. The monoisotopic (exact) mass is 248 g/mol. The fourth-order valence-corrected chi connectivity index (χ4v) is 2.45. The lowest BCUT2D eigenvalue weighted by molar-refractivity contribution is 0.104. The normalized spacial score (nSPS) is 31.2. The minimum absolute atomic E-state index is 0.177. The van der Waals surface area contributed by atoms with Gasteiger partial charge in [0, 0.05) is 17.8 Å². The fraction of sp³-hybridized carbons (Fsp3) is 0.538. The van der Waals surface area contributed by atoms with Gasteiger partial charge in [-0.05, 0) is 26.7 Å². The van der Waals surface area contributed by atoms with Crippen LogP contribution in [0, 0.1) is 24.7 Å². The van der Waals surface area contributed by atoms with E-state index in [0.717, 1.165) is 0 Å². The van der Waals surface area contributed by atoms with Gasteiger partial charge in [-0.15, -0.1) is 6.42 Å². The molecule has 1 fully saturated rings. The van der Waals surface area contributed by atoms with Crippen molar-refractivity contribution in [3.05, 3.63) is 32.6 Å². The van der Waals surface area contributed by atoms with E-state index in [9.17, 15) is 14.7 Å². The number of H-pyrrole nitrogens is 1. The Morgan fingerprint density at radius 3 is 2.83 bits per heavy atom. The van der Waals surface area contributed by atoms with Gasteiger partial charge in [0.25, 0.3) is 5.56 Å². The van der Waals surface area contributed by atoms with Crippen molar-refractivity contribution in [3.8, 4) is 12.3 Å². The molecule has 0 bridgehead atoms. The van der Waals surface area contributed by atoms with Crippen LogP contribution in [0.3, 0.4) is 0 Å². The summed E-state index contributed by atoms with van der Waals surface area (Å²) in [6, 6.07) is -0.177. The highest BCUT2D eigenvalue weighted by Gasteiger charge is 2.42. The van der Waals surface area contributed by atoms with Crippen LogP contribution < -0.4 is 11.2 Å². The molecule has 5 heteroatoms. The summed E-state index contributed by atoms with van der Waals surface area (Å²) in [6.45, 7) is 3.45. The van der Waals surface area contributed by atoms with Crippen molar-refractivity contribution in [2.45, 2.75) is 38.8 Å². The first-order valence-electron chi connectivity index (χ1n) is 5.85. The van der Waals surface area contributed by atoms with Crippen molar-refractivity contribution in [1.29, 1.82) is 0 Å². The van der Waals surface area contributed by atoms with Crippen LogP contribution in [0.25, 0.3) is 0 Å². The van der Waals surface area contributed by atoms with Crippen molar-refractivity contribution >= 4 is 0 Å². The molecule has 0 saturated heterocycles. The molecule has 1 saturated carbocycles. The van der Waals surface area contributed by atoms with E-state index >= 15 is 0 Å². The molecule has 18 heavy (non-hydrogen) atoms. The predicted octanol–water partition coefficient (Wildman–Crippen LogP) is 0.180. The number of aromatic nitrogens is 2. The number of nitrogens with one attached hydrogen (secondary N) is 1. The van der Waals surface area contributed by atoms with Crippen molar-refractivity contribution in [2.24, 2.45) is 5.41 Å². The quantitative estimate of drug-likeness (QED) is 0.696. The van der Waals surface area contributed by atoms with E-state index in [1.165, 1.54) is 10.8 Å². The molecule has 1 aromatic rings. The summed E-state index contributed by atoms with van der Waals surface area (Å²) in [7, 11) is 0. The topological polar surface area (TPSA) is 75.1 Å². The third-order valence-electron chi connectivity index (χ3n) is 3.76. The molecule has 1 aliphatic carbocycles. The van der Waals surface area contributed by atoms with Gasteiger partial charge in [0.1, 0.15) is 0 Å². The van der Waals surface area contributed by atoms with Crippen LogP contribution in [0.5, 0.6) is 0 Å². The fourth-order valence-electron chi connectivity index (χ4n) is 2.45. The lowest BCUT2D eigenvalue weighted by atomic mass is 9.88. The second kappa shape index (κ2) is 4.14. The molecule has 1 heterocycles. The molecule has 0 spiro atoms. The summed E-state index contributed by atoms with van der Waals surface area (Å²) in [5.41, 5.74) is -0.981. The summed E-state index contributed by atoms with van der Waals surface area (Å²) in [5, 5.41) is 9.96. The Balaban J connectivity index is 2.42. The van der Waals surface area contributed by atoms with Crippen LogP contribution in [0.4, 0.5) is 0 Å². The summed E-state index contributed by atoms with van der Waals surface area (Å²) < 4.78 is 1.46. The number of aliphatic hydroxyl groups excluding tert-OH is 1. The first-order valence-corrected chi connectivity index (χ1v) is 5.85. The molecule has 0 aromatic carbocycles.